The average Bonchev–Trinajstić information content (AvgIpc) is 2.76. The second-order valence-electron chi connectivity index (χ2n) is 6.07. The first kappa shape index (κ1) is 16.8. The molecule has 0 amide bonds. The summed E-state index contributed by atoms with van der Waals surface area (Å²) in [5.74, 6) is 1.15. The average molecular weight is 354 g/mol. The van der Waals surface area contributed by atoms with E-state index in [9.17, 15) is 0 Å². The largest absolute Gasteiger partial charge is 0.356 e. The number of hydrogen-bond donors (Lipinski definition) is 1. The lowest BCUT2D eigenvalue weighted by molar-refractivity contribution is 0.546. The van der Waals surface area contributed by atoms with Gasteiger partial charge in [-0.05, 0) is 47.8 Å². The Morgan fingerprint density at radius 3 is 2.67 bits per heavy atom. The molecule has 0 radical (unpaired) electrons. The molecule has 0 saturated heterocycles. The van der Waals surface area contributed by atoms with E-state index in [1.165, 1.54) is 44.1 Å². The third kappa shape index (κ3) is 4.96. The highest BCUT2D eigenvalue weighted by Crippen LogP contribution is 2.27. The van der Waals surface area contributed by atoms with E-state index in [4.69, 9.17) is 4.98 Å². The van der Waals surface area contributed by atoms with E-state index in [0.29, 0.717) is 6.04 Å². The number of nitrogens with zero attached hydrogens (tertiary/aromatic N) is 2. The van der Waals surface area contributed by atoms with Crippen LogP contribution in [-0.2, 0) is 6.54 Å². The molecule has 0 aliphatic heterocycles. The molecule has 1 heterocycles. The van der Waals surface area contributed by atoms with Crippen molar-refractivity contribution in [3.05, 3.63) is 22.3 Å². The molecule has 118 valence electrons. The molecule has 1 aromatic rings. The second kappa shape index (κ2) is 8.74. The molecular formula is C17H28BrN3. The first-order valence-corrected chi connectivity index (χ1v) is 9.09. The number of hydrogen-bond acceptors (Lipinski definition) is 3. The molecule has 1 aromatic heterocycles. The van der Waals surface area contributed by atoms with Gasteiger partial charge in [0.05, 0.1) is 0 Å². The Bertz CT molecular complexity index is 428. The molecule has 0 bridgehead atoms. The van der Waals surface area contributed by atoms with Crippen molar-refractivity contribution < 1.29 is 0 Å². The first-order chi connectivity index (χ1) is 10.2. The highest BCUT2D eigenvalue weighted by Gasteiger charge is 2.20. The summed E-state index contributed by atoms with van der Waals surface area (Å²) >= 11 is 3.55. The predicted molar refractivity (Wildman–Crippen MR) is 93.8 cm³/mol. The van der Waals surface area contributed by atoms with Crippen LogP contribution in [-0.4, -0.2) is 24.6 Å². The van der Waals surface area contributed by atoms with E-state index in [2.05, 4.69) is 46.2 Å². The number of aromatic nitrogens is 1. The summed E-state index contributed by atoms with van der Waals surface area (Å²) in [5, 5.41) is 3.50. The quantitative estimate of drug-likeness (QED) is 0.602. The van der Waals surface area contributed by atoms with E-state index in [1.807, 2.05) is 6.20 Å². The molecule has 1 aliphatic carbocycles. The number of anilines is 1. The molecule has 1 aliphatic rings. The van der Waals surface area contributed by atoms with Crippen LogP contribution in [0.4, 0.5) is 5.82 Å². The van der Waals surface area contributed by atoms with Crippen LogP contribution in [0.3, 0.4) is 0 Å². The minimum Gasteiger partial charge on any atom is -0.356 e. The fourth-order valence-corrected chi connectivity index (χ4v) is 3.52. The number of rotatable bonds is 6. The fraction of sp³-hybridized carbons (Fsp3) is 0.706. The van der Waals surface area contributed by atoms with Crippen LogP contribution in [0.25, 0.3) is 0 Å². The van der Waals surface area contributed by atoms with Gasteiger partial charge in [-0.2, -0.15) is 0 Å². The molecule has 1 N–H and O–H groups in total. The molecule has 3 nitrogen and oxygen atoms in total. The third-order valence-electron chi connectivity index (χ3n) is 4.36. The molecule has 1 saturated carbocycles. The smallest absolute Gasteiger partial charge is 0.133 e. The van der Waals surface area contributed by atoms with Crippen molar-refractivity contribution in [2.45, 2.75) is 64.5 Å². The molecule has 0 atom stereocenters. The minimum atomic E-state index is 0.645. The predicted octanol–water partition coefficient (Wildman–Crippen LogP) is 4.50. The van der Waals surface area contributed by atoms with Gasteiger partial charge >= 0.3 is 0 Å². The maximum atomic E-state index is 4.70. The fourth-order valence-electron chi connectivity index (χ4n) is 3.14. The van der Waals surface area contributed by atoms with E-state index in [-0.39, 0.29) is 0 Å². The Hall–Kier alpha value is -0.610. The van der Waals surface area contributed by atoms with Crippen molar-refractivity contribution in [3.63, 3.8) is 0 Å². The zero-order valence-corrected chi connectivity index (χ0v) is 15.0. The third-order valence-corrected chi connectivity index (χ3v) is 4.79. The van der Waals surface area contributed by atoms with Crippen molar-refractivity contribution in [2.75, 3.05) is 18.5 Å². The van der Waals surface area contributed by atoms with Gasteiger partial charge in [0.2, 0.25) is 0 Å². The Morgan fingerprint density at radius 2 is 2.00 bits per heavy atom. The van der Waals surface area contributed by atoms with Gasteiger partial charge in [-0.25, -0.2) is 4.98 Å². The monoisotopic (exact) mass is 353 g/mol. The van der Waals surface area contributed by atoms with Gasteiger partial charge in [0, 0.05) is 35.9 Å². The van der Waals surface area contributed by atoms with Gasteiger partial charge in [-0.3, -0.25) is 0 Å². The topological polar surface area (TPSA) is 28.2 Å². The Kier molecular flexibility index (Phi) is 6.97. The molecule has 1 fully saturated rings. The SMILES string of the molecule is CCCNCc1cc(Br)cnc1N(C)C1CCCCCC1. The van der Waals surface area contributed by atoms with Crippen LogP contribution >= 0.6 is 15.9 Å². The van der Waals surface area contributed by atoms with Gasteiger partial charge in [0.1, 0.15) is 5.82 Å². The minimum absolute atomic E-state index is 0.645. The Morgan fingerprint density at radius 1 is 1.29 bits per heavy atom. The standard InChI is InChI=1S/C17H28BrN3/c1-3-10-19-12-14-11-15(18)13-20-17(14)21(2)16-8-6-4-5-7-9-16/h11,13,16,19H,3-10,12H2,1-2H3. The maximum absolute atomic E-state index is 4.70. The molecular weight excluding hydrogens is 326 g/mol. The van der Waals surface area contributed by atoms with Crippen LogP contribution < -0.4 is 10.2 Å². The first-order valence-electron chi connectivity index (χ1n) is 8.30. The summed E-state index contributed by atoms with van der Waals surface area (Å²) in [5.41, 5.74) is 1.30. The zero-order valence-electron chi connectivity index (χ0n) is 13.4. The van der Waals surface area contributed by atoms with Crippen LogP contribution in [0.2, 0.25) is 0 Å². The van der Waals surface area contributed by atoms with Crippen molar-refractivity contribution >= 4 is 21.7 Å². The van der Waals surface area contributed by atoms with Crippen LogP contribution in [0.5, 0.6) is 0 Å². The van der Waals surface area contributed by atoms with Gasteiger partial charge in [-0.15, -0.1) is 0 Å². The summed E-state index contributed by atoms with van der Waals surface area (Å²) in [6.45, 7) is 4.15. The van der Waals surface area contributed by atoms with Gasteiger partial charge in [-0.1, -0.05) is 32.6 Å². The zero-order chi connectivity index (χ0) is 15.1. The van der Waals surface area contributed by atoms with Crippen molar-refractivity contribution in [1.29, 1.82) is 0 Å². The van der Waals surface area contributed by atoms with Crippen LogP contribution in [0.15, 0.2) is 16.7 Å². The number of nitrogens with one attached hydrogen (secondary N) is 1. The van der Waals surface area contributed by atoms with Crippen molar-refractivity contribution in [1.82, 2.24) is 10.3 Å². The molecule has 4 heteroatoms. The van der Waals surface area contributed by atoms with Gasteiger partial charge < -0.3 is 10.2 Å². The van der Waals surface area contributed by atoms with Crippen LogP contribution in [0.1, 0.15) is 57.4 Å². The normalized spacial score (nSPS) is 16.7. The molecule has 0 unspecified atom stereocenters. The maximum Gasteiger partial charge on any atom is 0.133 e. The lowest BCUT2D eigenvalue weighted by Gasteiger charge is -2.30. The second-order valence-corrected chi connectivity index (χ2v) is 6.99. The molecule has 0 aromatic carbocycles. The van der Waals surface area contributed by atoms with Crippen molar-refractivity contribution in [3.8, 4) is 0 Å². The van der Waals surface area contributed by atoms with E-state index >= 15 is 0 Å². The summed E-state index contributed by atoms with van der Waals surface area (Å²) in [6.07, 6.45) is 11.2. The summed E-state index contributed by atoms with van der Waals surface area (Å²) in [7, 11) is 2.22. The molecule has 21 heavy (non-hydrogen) atoms. The van der Waals surface area contributed by atoms with Crippen LogP contribution in [0, 0.1) is 0 Å². The number of halogens is 1. The summed E-state index contributed by atoms with van der Waals surface area (Å²) in [6, 6.07) is 2.85. The highest BCUT2D eigenvalue weighted by atomic mass is 79.9. The lowest BCUT2D eigenvalue weighted by atomic mass is 10.1. The van der Waals surface area contributed by atoms with E-state index in [0.717, 1.165) is 29.8 Å². The number of pyridine rings is 1. The summed E-state index contributed by atoms with van der Waals surface area (Å²) < 4.78 is 1.06. The Labute approximate surface area is 137 Å². The van der Waals surface area contributed by atoms with E-state index in [1.54, 1.807) is 0 Å². The summed E-state index contributed by atoms with van der Waals surface area (Å²) in [4.78, 5) is 7.12. The molecule has 2 rings (SSSR count). The Balaban J connectivity index is 2.12. The van der Waals surface area contributed by atoms with Gasteiger partial charge in [0.25, 0.3) is 0 Å². The lowest BCUT2D eigenvalue weighted by Crippen LogP contribution is -2.33. The highest BCUT2D eigenvalue weighted by molar-refractivity contribution is 9.10. The van der Waals surface area contributed by atoms with E-state index < -0.39 is 0 Å². The van der Waals surface area contributed by atoms with Crippen molar-refractivity contribution in [2.24, 2.45) is 0 Å². The molecule has 0 spiro atoms. The van der Waals surface area contributed by atoms with Gasteiger partial charge in [0.15, 0.2) is 0 Å².